The second kappa shape index (κ2) is 17.0. The van der Waals surface area contributed by atoms with Gasteiger partial charge < -0.3 is 19.8 Å². The zero-order valence-electron chi connectivity index (χ0n) is 11.2. The maximum absolute atomic E-state index is 9.83. The first kappa shape index (κ1) is 23.1. The third-order valence-electron chi connectivity index (χ3n) is 1.09. The molecule has 0 heterocycles. The van der Waals surface area contributed by atoms with Crippen LogP contribution in [0.3, 0.4) is 0 Å². The van der Waals surface area contributed by atoms with Gasteiger partial charge in [-0.1, -0.05) is 0 Å². The normalized spacial score (nSPS) is 8.26. The Morgan fingerprint density at radius 2 is 1.26 bits per heavy atom. The predicted octanol–water partition coefficient (Wildman–Crippen LogP) is -1.69. The van der Waals surface area contributed by atoms with Crippen molar-refractivity contribution in [2.45, 2.75) is 40.0 Å². The predicted molar refractivity (Wildman–Crippen MR) is 56.9 cm³/mol. The summed E-state index contributed by atoms with van der Waals surface area (Å²) in [7, 11) is 0. The average Bonchev–Trinajstić information content (AvgIpc) is 2.15. The molecular formula is C11H17O7Ti. The number of carboxylic acids is 2. The molecule has 19 heavy (non-hydrogen) atoms. The molecule has 0 atom stereocenters. The Morgan fingerprint density at radius 1 is 0.947 bits per heavy atom. The van der Waals surface area contributed by atoms with Gasteiger partial charge in [-0.2, -0.15) is 0 Å². The van der Waals surface area contributed by atoms with Gasteiger partial charge in [-0.05, 0) is 13.8 Å². The van der Waals surface area contributed by atoms with Gasteiger partial charge >= 0.3 is 44.1 Å². The van der Waals surface area contributed by atoms with Gasteiger partial charge in [0.1, 0.15) is 11.6 Å². The van der Waals surface area contributed by atoms with E-state index in [1.54, 1.807) is 20.8 Å². The van der Waals surface area contributed by atoms with Crippen LogP contribution < -0.4 is 10.2 Å². The summed E-state index contributed by atoms with van der Waals surface area (Å²) < 4.78 is 4.69. The molecule has 0 aliphatic heterocycles. The van der Waals surface area contributed by atoms with Crippen molar-refractivity contribution in [2.75, 3.05) is 6.61 Å². The van der Waals surface area contributed by atoms with Gasteiger partial charge in [0.25, 0.3) is 0 Å². The molecule has 107 valence electrons. The molecular weight excluding hydrogens is 292 g/mol. The third-order valence-corrected chi connectivity index (χ3v) is 1.41. The van der Waals surface area contributed by atoms with E-state index in [1.165, 1.54) is 13.8 Å². The zero-order chi connectivity index (χ0) is 15.8. The second-order valence-corrected chi connectivity index (χ2v) is 3.80. The fourth-order valence-corrected chi connectivity index (χ4v) is 0.827. The first-order chi connectivity index (χ1) is 8.67. The van der Waals surface area contributed by atoms with Crippen LogP contribution in [-0.2, 0) is 43.3 Å². The van der Waals surface area contributed by atoms with Gasteiger partial charge in [0.05, 0.1) is 0 Å². The number of Topliss-reactive ketones (excluding diaryl/α,β-unsaturated/α-hetero) is 2. The Morgan fingerprint density at radius 3 is 1.26 bits per heavy atom. The number of rotatable bonds is 6. The topological polar surface area (TPSA) is 124 Å². The van der Waals surface area contributed by atoms with E-state index in [2.05, 4.69) is 6.92 Å². The molecule has 0 unspecified atom stereocenters. The Balaban J connectivity index is -0.000000206. The van der Waals surface area contributed by atoms with Crippen LogP contribution >= 0.6 is 0 Å². The molecule has 0 aliphatic rings. The second-order valence-electron chi connectivity index (χ2n) is 3.35. The van der Waals surface area contributed by atoms with Crippen molar-refractivity contribution in [3.8, 4) is 0 Å². The molecule has 8 heteroatoms. The molecule has 0 saturated heterocycles. The Bertz CT molecular complexity index is 237. The standard InChI is InChI=1S/2C4H6O3.C3H7O.Ti/c2*1-3(5)2-4(6)7;1-2-3-4;/h2*2H2,1H3,(H,6,7);2-3H2,1H3;/q;;-1;+3/p-2. The van der Waals surface area contributed by atoms with E-state index in [9.17, 15) is 29.4 Å². The first-order valence-corrected chi connectivity index (χ1v) is 5.98. The van der Waals surface area contributed by atoms with Gasteiger partial charge in [-0.3, -0.25) is 9.59 Å². The molecule has 0 spiro atoms. The van der Waals surface area contributed by atoms with E-state index >= 15 is 0 Å². The molecule has 0 rings (SSSR count). The van der Waals surface area contributed by atoms with Crippen LogP contribution in [0.4, 0.5) is 0 Å². The Hall–Kier alpha value is -1.05. The number of hydrogen-bond acceptors (Lipinski definition) is 7. The van der Waals surface area contributed by atoms with Crippen LogP contribution in [0.5, 0.6) is 0 Å². The molecule has 0 bridgehead atoms. The number of aliphatic carboxylic acids is 2. The van der Waals surface area contributed by atoms with Crippen molar-refractivity contribution < 1.29 is 53.5 Å². The van der Waals surface area contributed by atoms with Crippen LogP contribution in [0.1, 0.15) is 40.0 Å². The van der Waals surface area contributed by atoms with Crippen molar-refractivity contribution in [1.82, 2.24) is 0 Å². The van der Waals surface area contributed by atoms with Gasteiger partial charge in [0.2, 0.25) is 0 Å². The fraction of sp³-hybridized carbons (Fsp3) is 0.636. The number of carbonyl (C=O) groups excluding carboxylic acids is 4. The van der Waals surface area contributed by atoms with Crippen LogP contribution in [0.25, 0.3) is 0 Å². The minimum absolute atomic E-state index is 0.375. The van der Waals surface area contributed by atoms with Crippen molar-refractivity contribution in [1.29, 1.82) is 0 Å². The molecule has 0 fully saturated rings. The summed E-state index contributed by atoms with van der Waals surface area (Å²) in [6, 6.07) is 0. The Labute approximate surface area is 124 Å². The summed E-state index contributed by atoms with van der Waals surface area (Å²) in [5.74, 6) is -3.37. The SMILES string of the molecule is CC(=O)CC(=O)[O-].CC(=O)CC(=O)[O-].CCC[O][Ti+2]. The first-order valence-electron chi connectivity index (χ1n) is 5.34. The van der Waals surface area contributed by atoms with E-state index < -0.39 is 24.8 Å². The van der Waals surface area contributed by atoms with E-state index in [1.807, 2.05) is 0 Å². The summed E-state index contributed by atoms with van der Waals surface area (Å²) in [4.78, 5) is 38.6. The number of ketones is 2. The molecule has 0 N–H and O–H groups in total. The summed E-state index contributed by atoms with van der Waals surface area (Å²) in [5, 5.41) is 19.0. The van der Waals surface area contributed by atoms with E-state index in [0.717, 1.165) is 13.0 Å². The quantitative estimate of drug-likeness (QED) is 0.423. The van der Waals surface area contributed by atoms with E-state index in [0.29, 0.717) is 0 Å². The molecule has 0 aromatic heterocycles. The third kappa shape index (κ3) is 47.3. The molecule has 0 aromatic rings. The number of hydrogen-bond donors (Lipinski definition) is 0. The molecule has 0 aromatic carbocycles. The van der Waals surface area contributed by atoms with Crippen molar-refractivity contribution in [3.05, 3.63) is 0 Å². The van der Waals surface area contributed by atoms with Crippen molar-refractivity contribution in [3.63, 3.8) is 0 Å². The van der Waals surface area contributed by atoms with Crippen molar-refractivity contribution >= 4 is 23.5 Å². The molecule has 7 nitrogen and oxygen atoms in total. The van der Waals surface area contributed by atoms with E-state index in [4.69, 9.17) is 3.32 Å². The van der Waals surface area contributed by atoms with Crippen LogP contribution in [0.2, 0.25) is 0 Å². The van der Waals surface area contributed by atoms with Crippen LogP contribution in [-0.4, -0.2) is 30.1 Å². The number of carboxylic acid groups (broad SMARTS) is 2. The van der Waals surface area contributed by atoms with Crippen LogP contribution in [0, 0.1) is 0 Å². The summed E-state index contributed by atoms with van der Waals surface area (Å²) in [6.07, 6.45) is 0.177. The molecule has 0 saturated carbocycles. The Kier molecular flexibility index (Phi) is 20.6. The van der Waals surface area contributed by atoms with Gasteiger partial charge in [0, 0.05) is 24.8 Å². The zero-order valence-corrected chi connectivity index (χ0v) is 12.7. The average molecular weight is 309 g/mol. The summed E-state index contributed by atoms with van der Waals surface area (Å²) >= 11 is 1.71. The summed E-state index contributed by atoms with van der Waals surface area (Å²) in [6.45, 7) is 5.38. The van der Waals surface area contributed by atoms with E-state index in [-0.39, 0.29) is 11.6 Å². The molecule has 0 amide bonds. The van der Waals surface area contributed by atoms with Crippen LogP contribution in [0.15, 0.2) is 0 Å². The minimum atomic E-state index is -1.31. The molecule has 0 radical (unpaired) electrons. The summed E-state index contributed by atoms with van der Waals surface area (Å²) in [5.41, 5.74) is 0. The fourth-order valence-electron chi connectivity index (χ4n) is 0.509. The van der Waals surface area contributed by atoms with Gasteiger partial charge in [0.15, 0.2) is 0 Å². The number of carbonyl (C=O) groups is 4. The monoisotopic (exact) mass is 309 g/mol. The maximum atomic E-state index is 9.83. The molecule has 0 aliphatic carbocycles. The van der Waals surface area contributed by atoms with Gasteiger partial charge in [-0.15, -0.1) is 0 Å². The van der Waals surface area contributed by atoms with Gasteiger partial charge in [-0.25, -0.2) is 0 Å². The van der Waals surface area contributed by atoms with Crippen molar-refractivity contribution in [2.24, 2.45) is 0 Å².